The summed E-state index contributed by atoms with van der Waals surface area (Å²) in [6.07, 6.45) is -5.06. The van der Waals surface area contributed by atoms with Crippen molar-refractivity contribution in [2.24, 2.45) is 0 Å². The molecule has 0 unspecified atom stereocenters. The van der Waals surface area contributed by atoms with Crippen molar-refractivity contribution in [2.45, 2.75) is 37.7 Å². The van der Waals surface area contributed by atoms with Crippen LogP contribution in [-0.2, 0) is 16.6 Å². The zero-order valence-corrected chi connectivity index (χ0v) is 17.6. The molecule has 0 aliphatic rings. The highest BCUT2D eigenvalue weighted by atomic mass is 32.2. The molecule has 1 N–H and O–H groups in total. The molecule has 1 atom stereocenters. The van der Waals surface area contributed by atoms with E-state index in [0.29, 0.717) is 6.54 Å². The summed E-state index contributed by atoms with van der Waals surface area (Å²) < 4.78 is 89.7. The second-order valence-electron chi connectivity index (χ2n) is 6.48. The molecule has 0 saturated heterocycles. The Balaban J connectivity index is 1.85. The molecule has 3 rings (SSSR count). The number of sulfonamides is 1. The zero-order valence-electron chi connectivity index (χ0n) is 16.8. The molecule has 2 aromatic carbocycles. The number of rotatable bonds is 8. The van der Waals surface area contributed by atoms with Gasteiger partial charge in [0.1, 0.15) is 22.2 Å². The van der Waals surface area contributed by atoms with Crippen LogP contribution in [-0.4, -0.2) is 29.5 Å². The van der Waals surface area contributed by atoms with Gasteiger partial charge in [0.25, 0.3) is 0 Å². The van der Waals surface area contributed by atoms with Crippen molar-refractivity contribution < 1.29 is 35.5 Å². The predicted octanol–water partition coefficient (Wildman–Crippen LogP) is 4.17. The Kier molecular flexibility index (Phi) is 6.69. The molecule has 3 aromatic rings. The van der Waals surface area contributed by atoms with Crippen LogP contribution in [0.4, 0.5) is 17.6 Å². The van der Waals surface area contributed by atoms with Gasteiger partial charge < -0.3 is 9.47 Å². The number of hydrogen-bond acceptors (Lipinski definition) is 6. The molecular formula is C19H18F4N4O4S. The molecule has 0 bridgehead atoms. The maximum Gasteiger partial charge on any atom is 0.573 e. The van der Waals surface area contributed by atoms with E-state index in [1.807, 2.05) is 0 Å². The van der Waals surface area contributed by atoms with E-state index < -0.39 is 38.9 Å². The number of hydrogen-bond donors (Lipinski definition) is 1. The Morgan fingerprint density at radius 2 is 1.75 bits per heavy atom. The molecule has 8 nitrogen and oxygen atoms in total. The molecule has 0 radical (unpaired) electrons. The summed E-state index contributed by atoms with van der Waals surface area (Å²) in [5.74, 6) is -0.876. The van der Waals surface area contributed by atoms with E-state index in [-0.39, 0.29) is 17.6 Å². The molecule has 1 heterocycles. The minimum Gasteiger partial charge on any atom is -0.424 e. The minimum atomic E-state index is -5.06. The van der Waals surface area contributed by atoms with Gasteiger partial charge in [-0.1, -0.05) is 17.2 Å². The standard InChI is InChI=1S/C19H18F4N4O4S/c1-3-27-17(24-25-18(27)30-14-10-8-13(20)9-11-14)12(2)26-32(28,29)16-7-5-4-6-15(16)31-19(21,22)23/h4-12,26H,3H2,1-2H3/t12-/m1/s1. The number of alkyl halides is 3. The van der Waals surface area contributed by atoms with E-state index in [1.54, 1.807) is 6.92 Å². The summed E-state index contributed by atoms with van der Waals surface area (Å²) in [7, 11) is -4.43. The van der Waals surface area contributed by atoms with Gasteiger partial charge in [-0.3, -0.25) is 4.57 Å². The molecule has 32 heavy (non-hydrogen) atoms. The SMILES string of the molecule is CCn1c(Oc2ccc(F)cc2)nnc1[C@@H](C)NS(=O)(=O)c1ccccc1OC(F)(F)F. The average molecular weight is 474 g/mol. The van der Waals surface area contributed by atoms with Gasteiger partial charge in [-0.25, -0.2) is 17.5 Å². The van der Waals surface area contributed by atoms with Crippen molar-refractivity contribution >= 4 is 10.0 Å². The molecule has 0 fully saturated rings. The summed E-state index contributed by atoms with van der Waals surface area (Å²) in [5.41, 5.74) is 0. The van der Waals surface area contributed by atoms with E-state index >= 15 is 0 Å². The smallest absolute Gasteiger partial charge is 0.424 e. The summed E-state index contributed by atoms with van der Waals surface area (Å²) in [6, 6.07) is 8.57. The Labute approximate surface area is 180 Å². The summed E-state index contributed by atoms with van der Waals surface area (Å²) in [5, 5.41) is 7.82. The number of aromatic nitrogens is 3. The van der Waals surface area contributed by atoms with E-state index in [2.05, 4.69) is 19.7 Å². The minimum absolute atomic E-state index is 0.0287. The summed E-state index contributed by atoms with van der Waals surface area (Å²) >= 11 is 0. The first-order chi connectivity index (χ1) is 15.0. The highest BCUT2D eigenvalue weighted by molar-refractivity contribution is 7.89. The van der Waals surface area contributed by atoms with Crippen LogP contribution in [0.25, 0.3) is 0 Å². The van der Waals surface area contributed by atoms with Gasteiger partial charge in [-0.2, -0.15) is 0 Å². The number of ether oxygens (including phenoxy) is 2. The van der Waals surface area contributed by atoms with Crippen molar-refractivity contribution in [1.82, 2.24) is 19.5 Å². The van der Waals surface area contributed by atoms with Gasteiger partial charge in [0, 0.05) is 6.54 Å². The zero-order chi connectivity index (χ0) is 23.5. The average Bonchev–Trinajstić information content (AvgIpc) is 3.11. The molecule has 1 aromatic heterocycles. The van der Waals surface area contributed by atoms with Crippen LogP contribution in [0.2, 0.25) is 0 Å². The van der Waals surface area contributed by atoms with Crippen LogP contribution in [0.1, 0.15) is 25.7 Å². The van der Waals surface area contributed by atoms with Gasteiger partial charge in [-0.05, 0) is 50.2 Å². The van der Waals surface area contributed by atoms with E-state index in [0.717, 1.165) is 12.1 Å². The van der Waals surface area contributed by atoms with Crippen LogP contribution in [0, 0.1) is 5.82 Å². The number of nitrogens with zero attached hydrogens (tertiary/aromatic N) is 3. The second-order valence-corrected chi connectivity index (χ2v) is 8.16. The number of halogens is 4. The Morgan fingerprint density at radius 1 is 1.09 bits per heavy atom. The third kappa shape index (κ3) is 5.53. The largest absolute Gasteiger partial charge is 0.573 e. The van der Waals surface area contributed by atoms with Crippen LogP contribution in [0.15, 0.2) is 53.4 Å². The van der Waals surface area contributed by atoms with Gasteiger partial charge in [-0.15, -0.1) is 18.3 Å². The van der Waals surface area contributed by atoms with Gasteiger partial charge in [0.05, 0.1) is 6.04 Å². The van der Waals surface area contributed by atoms with Gasteiger partial charge in [0.15, 0.2) is 5.82 Å². The molecule has 172 valence electrons. The van der Waals surface area contributed by atoms with E-state index in [1.165, 1.54) is 47.9 Å². The highest BCUT2D eigenvalue weighted by Crippen LogP contribution is 2.30. The maximum atomic E-state index is 13.1. The Morgan fingerprint density at radius 3 is 2.38 bits per heavy atom. The molecule has 0 amide bonds. The lowest BCUT2D eigenvalue weighted by Crippen LogP contribution is -2.30. The number of benzene rings is 2. The first-order valence-corrected chi connectivity index (χ1v) is 10.7. The van der Waals surface area contributed by atoms with Gasteiger partial charge in [0.2, 0.25) is 10.0 Å². The fraction of sp³-hybridized carbons (Fsp3) is 0.263. The lowest BCUT2D eigenvalue weighted by atomic mass is 10.3. The Bertz CT molecular complexity index is 1180. The van der Waals surface area contributed by atoms with Crippen LogP contribution in [0.3, 0.4) is 0 Å². The van der Waals surface area contributed by atoms with Crippen LogP contribution >= 0.6 is 0 Å². The monoisotopic (exact) mass is 474 g/mol. The van der Waals surface area contributed by atoms with E-state index in [9.17, 15) is 26.0 Å². The van der Waals surface area contributed by atoms with Crippen LogP contribution < -0.4 is 14.2 Å². The van der Waals surface area contributed by atoms with Crippen molar-refractivity contribution in [2.75, 3.05) is 0 Å². The van der Waals surface area contributed by atoms with Crippen molar-refractivity contribution in [1.29, 1.82) is 0 Å². The topological polar surface area (TPSA) is 95.3 Å². The quantitative estimate of drug-likeness (QED) is 0.493. The van der Waals surface area contributed by atoms with Crippen LogP contribution in [0.5, 0.6) is 17.5 Å². The van der Waals surface area contributed by atoms with Crippen molar-refractivity contribution in [3.8, 4) is 17.5 Å². The molecule has 0 aliphatic heterocycles. The number of para-hydroxylation sites is 1. The summed E-state index contributed by atoms with van der Waals surface area (Å²) in [4.78, 5) is -0.686. The number of nitrogens with one attached hydrogen (secondary N) is 1. The van der Waals surface area contributed by atoms with E-state index in [4.69, 9.17) is 4.74 Å². The predicted molar refractivity (Wildman–Crippen MR) is 104 cm³/mol. The second kappa shape index (κ2) is 9.12. The lowest BCUT2D eigenvalue weighted by Gasteiger charge is -2.17. The first-order valence-electron chi connectivity index (χ1n) is 9.24. The fourth-order valence-electron chi connectivity index (χ4n) is 2.83. The molecule has 13 heteroatoms. The fourth-order valence-corrected chi connectivity index (χ4v) is 4.16. The molecule has 0 saturated carbocycles. The van der Waals surface area contributed by atoms with Crippen molar-refractivity contribution in [3.05, 3.63) is 60.2 Å². The normalized spacial score (nSPS) is 13.1. The summed E-state index contributed by atoms with van der Waals surface area (Å²) in [6.45, 7) is 3.47. The molecule has 0 spiro atoms. The first kappa shape index (κ1) is 23.5. The van der Waals surface area contributed by atoms with Crippen molar-refractivity contribution in [3.63, 3.8) is 0 Å². The molecular weight excluding hydrogens is 456 g/mol. The maximum absolute atomic E-state index is 13.1. The molecule has 0 aliphatic carbocycles. The lowest BCUT2D eigenvalue weighted by molar-refractivity contribution is -0.275. The third-order valence-corrected chi connectivity index (χ3v) is 5.75. The van der Waals surface area contributed by atoms with Gasteiger partial charge >= 0.3 is 12.4 Å². The Hall–Kier alpha value is -3.19. The third-order valence-electron chi connectivity index (χ3n) is 4.17. The highest BCUT2D eigenvalue weighted by Gasteiger charge is 2.34.